The van der Waals surface area contributed by atoms with Crippen LogP contribution in [-0.4, -0.2) is 5.78 Å². The van der Waals surface area contributed by atoms with Crippen molar-refractivity contribution in [2.24, 2.45) is 0 Å². The fraction of sp³-hybridized carbons (Fsp3) is 0.133. The number of anilines is 1. The van der Waals surface area contributed by atoms with E-state index in [9.17, 15) is 9.18 Å². The van der Waals surface area contributed by atoms with E-state index in [0.717, 1.165) is 11.1 Å². The molecule has 0 atom stereocenters. The molecule has 2 nitrogen and oxygen atoms in total. The van der Waals surface area contributed by atoms with Crippen LogP contribution in [0.15, 0.2) is 42.5 Å². The third-order valence-corrected chi connectivity index (χ3v) is 2.88. The van der Waals surface area contributed by atoms with Gasteiger partial charge in [0.1, 0.15) is 5.82 Å². The first kappa shape index (κ1) is 12.3. The third kappa shape index (κ3) is 2.74. The summed E-state index contributed by atoms with van der Waals surface area (Å²) in [5.74, 6) is -0.320. The molecular weight excluding hydrogens is 229 g/mol. The number of hydrogen-bond acceptors (Lipinski definition) is 2. The maximum absolute atomic E-state index is 12.7. The van der Waals surface area contributed by atoms with E-state index < -0.39 is 0 Å². The largest absolute Gasteiger partial charge is 0.398 e. The number of hydrogen-bond donors (Lipinski definition) is 1. The second-order valence-corrected chi connectivity index (χ2v) is 4.30. The summed E-state index contributed by atoms with van der Waals surface area (Å²) >= 11 is 0. The lowest BCUT2D eigenvalue weighted by Crippen LogP contribution is -2.04. The molecule has 0 saturated carbocycles. The minimum atomic E-state index is -0.300. The molecule has 2 aromatic rings. The van der Waals surface area contributed by atoms with E-state index in [-0.39, 0.29) is 18.0 Å². The van der Waals surface area contributed by atoms with Gasteiger partial charge in [0.05, 0.1) is 0 Å². The molecule has 0 fully saturated rings. The zero-order valence-corrected chi connectivity index (χ0v) is 10.1. The van der Waals surface area contributed by atoms with Gasteiger partial charge in [-0.25, -0.2) is 4.39 Å². The lowest BCUT2D eigenvalue weighted by molar-refractivity contribution is 0.0993. The fourth-order valence-corrected chi connectivity index (χ4v) is 1.70. The summed E-state index contributed by atoms with van der Waals surface area (Å²) in [6, 6.07) is 11.2. The van der Waals surface area contributed by atoms with E-state index >= 15 is 0 Å². The summed E-state index contributed by atoms with van der Waals surface area (Å²) < 4.78 is 12.7. The van der Waals surface area contributed by atoms with Gasteiger partial charge in [-0.1, -0.05) is 24.3 Å². The standard InChI is InChI=1S/C15H14FNO/c1-10-2-5-12(9-14(10)17)15(18)8-11-3-6-13(16)7-4-11/h2-7,9H,8,17H2,1H3. The molecule has 0 heterocycles. The van der Waals surface area contributed by atoms with Crippen molar-refractivity contribution in [3.63, 3.8) is 0 Å². The second kappa shape index (κ2) is 5.00. The molecule has 92 valence electrons. The van der Waals surface area contributed by atoms with E-state index in [4.69, 9.17) is 5.73 Å². The first-order valence-electron chi connectivity index (χ1n) is 5.70. The van der Waals surface area contributed by atoms with Crippen LogP contribution in [0.3, 0.4) is 0 Å². The lowest BCUT2D eigenvalue weighted by Gasteiger charge is -2.05. The van der Waals surface area contributed by atoms with Gasteiger partial charge >= 0.3 is 0 Å². The van der Waals surface area contributed by atoms with Crippen molar-refractivity contribution < 1.29 is 9.18 Å². The SMILES string of the molecule is Cc1ccc(C(=O)Cc2ccc(F)cc2)cc1N. The first-order chi connectivity index (χ1) is 8.56. The molecule has 0 saturated heterocycles. The zero-order valence-electron chi connectivity index (χ0n) is 10.1. The quantitative estimate of drug-likeness (QED) is 0.664. The predicted octanol–water partition coefficient (Wildman–Crippen LogP) is 3.14. The highest BCUT2D eigenvalue weighted by Gasteiger charge is 2.08. The van der Waals surface area contributed by atoms with Crippen molar-refractivity contribution in [3.8, 4) is 0 Å². The van der Waals surface area contributed by atoms with Crippen LogP contribution in [0.4, 0.5) is 10.1 Å². The minimum Gasteiger partial charge on any atom is -0.398 e. The Labute approximate surface area is 105 Å². The van der Waals surface area contributed by atoms with E-state index in [0.29, 0.717) is 11.3 Å². The number of carbonyl (C=O) groups excluding carboxylic acids is 1. The highest BCUT2D eigenvalue weighted by molar-refractivity contribution is 5.98. The first-order valence-corrected chi connectivity index (χ1v) is 5.70. The molecule has 0 radical (unpaired) electrons. The van der Waals surface area contributed by atoms with Gasteiger partial charge in [0.15, 0.2) is 5.78 Å². The van der Waals surface area contributed by atoms with Gasteiger partial charge in [0, 0.05) is 17.7 Å². The molecule has 0 aliphatic heterocycles. The normalized spacial score (nSPS) is 10.3. The Morgan fingerprint density at radius 1 is 1.17 bits per heavy atom. The van der Waals surface area contributed by atoms with Gasteiger partial charge in [-0.05, 0) is 36.2 Å². The summed E-state index contributed by atoms with van der Waals surface area (Å²) in [4.78, 5) is 12.0. The fourth-order valence-electron chi connectivity index (χ4n) is 1.70. The van der Waals surface area contributed by atoms with E-state index in [2.05, 4.69) is 0 Å². The molecule has 18 heavy (non-hydrogen) atoms. The number of Topliss-reactive ketones (excluding diaryl/α,β-unsaturated/α-hetero) is 1. The summed E-state index contributed by atoms with van der Waals surface area (Å²) in [7, 11) is 0. The van der Waals surface area contributed by atoms with Crippen molar-refractivity contribution in [2.75, 3.05) is 5.73 Å². The van der Waals surface area contributed by atoms with Crippen molar-refractivity contribution in [1.82, 2.24) is 0 Å². The van der Waals surface area contributed by atoms with Crippen LogP contribution in [0, 0.1) is 12.7 Å². The third-order valence-electron chi connectivity index (χ3n) is 2.88. The number of halogens is 1. The molecule has 0 amide bonds. The highest BCUT2D eigenvalue weighted by atomic mass is 19.1. The monoisotopic (exact) mass is 243 g/mol. The molecule has 0 bridgehead atoms. The summed E-state index contributed by atoms with van der Waals surface area (Å²) in [5, 5.41) is 0. The summed E-state index contributed by atoms with van der Waals surface area (Å²) in [5.41, 5.74) is 8.71. The van der Waals surface area contributed by atoms with Gasteiger partial charge < -0.3 is 5.73 Å². The maximum Gasteiger partial charge on any atom is 0.167 e. The molecule has 2 N–H and O–H groups in total. The maximum atomic E-state index is 12.7. The Kier molecular flexibility index (Phi) is 3.42. The van der Waals surface area contributed by atoms with Crippen LogP contribution in [0.1, 0.15) is 21.5 Å². The summed E-state index contributed by atoms with van der Waals surface area (Å²) in [6.45, 7) is 1.89. The summed E-state index contributed by atoms with van der Waals surface area (Å²) in [6.07, 6.45) is 0.253. The number of ketones is 1. The van der Waals surface area contributed by atoms with Gasteiger partial charge in [0.2, 0.25) is 0 Å². The Hall–Kier alpha value is -2.16. The molecule has 0 aliphatic carbocycles. The Morgan fingerprint density at radius 2 is 1.83 bits per heavy atom. The molecule has 3 heteroatoms. The van der Waals surface area contributed by atoms with Crippen LogP contribution in [0.25, 0.3) is 0 Å². The number of nitrogen functional groups attached to an aromatic ring is 1. The van der Waals surface area contributed by atoms with Crippen molar-refractivity contribution in [1.29, 1.82) is 0 Å². The topological polar surface area (TPSA) is 43.1 Å². The molecule has 0 unspecified atom stereocenters. The van der Waals surface area contributed by atoms with Gasteiger partial charge in [-0.2, -0.15) is 0 Å². The van der Waals surface area contributed by atoms with E-state index in [1.54, 1.807) is 24.3 Å². The van der Waals surface area contributed by atoms with E-state index in [1.807, 2.05) is 13.0 Å². The van der Waals surface area contributed by atoms with Crippen molar-refractivity contribution >= 4 is 11.5 Å². The average molecular weight is 243 g/mol. The molecule has 2 aromatic carbocycles. The smallest absolute Gasteiger partial charge is 0.167 e. The average Bonchev–Trinajstić information content (AvgIpc) is 2.35. The van der Waals surface area contributed by atoms with Crippen LogP contribution in [0.2, 0.25) is 0 Å². The van der Waals surface area contributed by atoms with Crippen LogP contribution < -0.4 is 5.73 Å². The molecule has 0 aliphatic rings. The molecular formula is C15H14FNO. The van der Waals surface area contributed by atoms with Crippen LogP contribution in [-0.2, 0) is 6.42 Å². The van der Waals surface area contributed by atoms with Crippen LogP contribution in [0.5, 0.6) is 0 Å². The number of rotatable bonds is 3. The number of aryl methyl sites for hydroxylation is 1. The van der Waals surface area contributed by atoms with Crippen molar-refractivity contribution in [3.05, 3.63) is 65.0 Å². The Balaban J connectivity index is 2.16. The minimum absolute atomic E-state index is 0.0201. The number of benzene rings is 2. The number of carbonyl (C=O) groups is 1. The lowest BCUT2D eigenvalue weighted by atomic mass is 10.0. The van der Waals surface area contributed by atoms with Gasteiger partial charge in [0.25, 0.3) is 0 Å². The molecule has 0 aromatic heterocycles. The second-order valence-electron chi connectivity index (χ2n) is 4.30. The number of nitrogens with two attached hydrogens (primary N) is 1. The van der Waals surface area contributed by atoms with Gasteiger partial charge in [-0.3, -0.25) is 4.79 Å². The van der Waals surface area contributed by atoms with E-state index in [1.165, 1.54) is 12.1 Å². The van der Waals surface area contributed by atoms with Crippen molar-refractivity contribution in [2.45, 2.75) is 13.3 Å². The highest BCUT2D eigenvalue weighted by Crippen LogP contribution is 2.15. The van der Waals surface area contributed by atoms with Crippen LogP contribution >= 0.6 is 0 Å². The Bertz CT molecular complexity index is 576. The van der Waals surface area contributed by atoms with Gasteiger partial charge in [-0.15, -0.1) is 0 Å². The Morgan fingerprint density at radius 3 is 2.44 bits per heavy atom. The zero-order chi connectivity index (χ0) is 13.1. The predicted molar refractivity (Wildman–Crippen MR) is 70.0 cm³/mol. The molecule has 2 rings (SSSR count). The molecule has 0 spiro atoms.